The number of methoxy groups -OCH3 is 1. The van der Waals surface area contributed by atoms with Gasteiger partial charge in [-0.1, -0.05) is 19.1 Å². The van der Waals surface area contributed by atoms with Crippen LogP contribution in [0.4, 0.5) is 0 Å². The monoisotopic (exact) mass is 306 g/mol. The third-order valence-electron chi connectivity index (χ3n) is 3.94. The Morgan fingerprint density at radius 1 is 1.45 bits per heavy atom. The van der Waals surface area contributed by atoms with E-state index in [9.17, 15) is 9.59 Å². The van der Waals surface area contributed by atoms with E-state index in [0.29, 0.717) is 0 Å². The molecule has 0 aliphatic carbocycles. The number of allylic oxidation sites excluding steroid dienone is 1. The molecule has 0 fully saturated rings. The first-order valence-corrected chi connectivity index (χ1v) is 7.59. The van der Waals surface area contributed by atoms with Gasteiger partial charge in [0.2, 0.25) is 0 Å². The van der Waals surface area contributed by atoms with Crippen LogP contribution < -0.4 is 0 Å². The molecule has 0 N–H and O–H groups in total. The molecule has 122 valence electrons. The summed E-state index contributed by atoms with van der Waals surface area (Å²) in [4.78, 5) is 22.4. The van der Waals surface area contributed by atoms with E-state index in [0.717, 1.165) is 18.4 Å². The lowest BCUT2D eigenvalue weighted by Crippen LogP contribution is -2.21. The van der Waals surface area contributed by atoms with Crippen molar-refractivity contribution in [2.45, 2.75) is 52.2 Å². The Bertz CT molecular complexity index is 501. The molecule has 4 nitrogen and oxygen atoms in total. The number of hydrogen-bond donors (Lipinski definition) is 0. The van der Waals surface area contributed by atoms with Crippen LogP contribution in [0.2, 0.25) is 0 Å². The lowest BCUT2D eigenvalue weighted by atomic mass is 9.99. The van der Waals surface area contributed by atoms with Gasteiger partial charge in [-0.15, -0.1) is 0 Å². The van der Waals surface area contributed by atoms with Crippen LogP contribution in [0.25, 0.3) is 0 Å². The van der Waals surface area contributed by atoms with Crippen molar-refractivity contribution in [1.29, 1.82) is 0 Å². The molecular weight excluding hydrogens is 280 g/mol. The second-order valence-electron chi connectivity index (χ2n) is 5.99. The van der Waals surface area contributed by atoms with E-state index in [1.807, 2.05) is 32.9 Å². The van der Waals surface area contributed by atoms with Gasteiger partial charge in [0, 0.05) is 19.1 Å². The number of carbonyl (C=O) groups is 2. The van der Waals surface area contributed by atoms with Gasteiger partial charge in [-0.3, -0.25) is 4.79 Å². The minimum absolute atomic E-state index is 0.0857. The van der Waals surface area contributed by atoms with Crippen LogP contribution in [0.15, 0.2) is 36.0 Å². The number of rotatable bonds is 8. The third-order valence-corrected chi connectivity index (χ3v) is 3.94. The van der Waals surface area contributed by atoms with Crippen LogP contribution in [-0.2, 0) is 19.1 Å². The largest absolute Gasteiger partial charge is 0.448 e. The minimum Gasteiger partial charge on any atom is -0.448 e. The molecular formula is C18H26O4. The zero-order valence-electron chi connectivity index (χ0n) is 14.1. The molecule has 1 rings (SSSR count). The fraction of sp³-hybridized carbons (Fsp3) is 0.556. The second-order valence-corrected chi connectivity index (χ2v) is 5.99. The first-order valence-electron chi connectivity index (χ1n) is 7.59. The highest BCUT2D eigenvalue weighted by atomic mass is 16.6. The van der Waals surface area contributed by atoms with Crippen molar-refractivity contribution in [3.8, 4) is 0 Å². The third kappa shape index (κ3) is 5.60. The zero-order valence-corrected chi connectivity index (χ0v) is 14.1. The molecule has 0 spiro atoms. The number of carbonyl (C=O) groups excluding carboxylic acids is 2. The van der Waals surface area contributed by atoms with Crippen LogP contribution in [0.5, 0.6) is 0 Å². The number of ether oxygens (including phenoxy) is 2. The summed E-state index contributed by atoms with van der Waals surface area (Å²) in [5.74, 6) is -0.0221. The van der Waals surface area contributed by atoms with Gasteiger partial charge in [0.05, 0.1) is 6.10 Å². The summed E-state index contributed by atoms with van der Waals surface area (Å²) in [5.41, 5.74) is 0.378. The van der Waals surface area contributed by atoms with Gasteiger partial charge in [-0.25, -0.2) is 4.79 Å². The van der Waals surface area contributed by atoms with Gasteiger partial charge in [-0.2, -0.15) is 0 Å². The molecule has 3 atom stereocenters. The summed E-state index contributed by atoms with van der Waals surface area (Å²) < 4.78 is 10.7. The molecule has 1 heterocycles. The molecule has 0 unspecified atom stereocenters. The van der Waals surface area contributed by atoms with Gasteiger partial charge in [0.1, 0.15) is 11.4 Å². The van der Waals surface area contributed by atoms with Crippen molar-refractivity contribution in [3.05, 3.63) is 36.0 Å². The molecule has 0 aromatic carbocycles. The molecule has 0 radical (unpaired) electrons. The fourth-order valence-corrected chi connectivity index (χ4v) is 2.18. The first kappa shape index (κ1) is 18.4. The molecule has 0 aromatic heterocycles. The Balaban J connectivity index is 2.61. The summed E-state index contributed by atoms with van der Waals surface area (Å²) >= 11 is 0. The van der Waals surface area contributed by atoms with E-state index in [-0.39, 0.29) is 23.8 Å². The number of Topliss-reactive ketones (excluding diaryl/α,β-unsaturated/α-hetero) is 1. The quantitative estimate of drug-likeness (QED) is 0.509. The number of hydrogen-bond acceptors (Lipinski definition) is 4. The van der Waals surface area contributed by atoms with Crippen LogP contribution in [0, 0.1) is 5.92 Å². The molecule has 0 saturated heterocycles. The van der Waals surface area contributed by atoms with Crippen LogP contribution in [0.1, 0.15) is 40.5 Å². The highest BCUT2D eigenvalue weighted by molar-refractivity contribution is 5.85. The van der Waals surface area contributed by atoms with Crippen molar-refractivity contribution in [2.24, 2.45) is 5.92 Å². The first-order chi connectivity index (χ1) is 10.3. The van der Waals surface area contributed by atoms with Crippen LogP contribution in [0.3, 0.4) is 0 Å². The van der Waals surface area contributed by atoms with Crippen molar-refractivity contribution < 1.29 is 19.1 Å². The van der Waals surface area contributed by atoms with Crippen molar-refractivity contribution in [1.82, 2.24) is 0 Å². The van der Waals surface area contributed by atoms with Crippen molar-refractivity contribution in [3.63, 3.8) is 0 Å². The van der Waals surface area contributed by atoms with Crippen LogP contribution >= 0.6 is 0 Å². The highest BCUT2D eigenvalue weighted by Gasteiger charge is 2.27. The SMILES string of the molecule is CO[C@@H](/C=C/[C@]1(C)C=CC(=O)O1)/C(C)=C/CC[C@H](C)C(C)=O. The number of ketones is 1. The Morgan fingerprint density at radius 3 is 2.64 bits per heavy atom. The Morgan fingerprint density at radius 2 is 2.14 bits per heavy atom. The molecule has 0 saturated carbocycles. The van der Waals surface area contributed by atoms with Gasteiger partial charge in [0.25, 0.3) is 0 Å². The predicted molar refractivity (Wildman–Crippen MR) is 86.4 cm³/mol. The highest BCUT2D eigenvalue weighted by Crippen LogP contribution is 2.22. The Kier molecular flexibility index (Phi) is 6.75. The molecule has 0 bridgehead atoms. The fourth-order valence-electron chi connectivity index (χ4n) is 2.18. The predicted octanol–water partition coefficient (Wildman–Crippen LogP) is 3.38. The molecule has 1 aliphatic rings. The van der Waals surface area contributed by atoms with E-state index in [4.69, 9.17) is 9.47 Å². The summed E-state index contributed by atoms with van der Waals surface area (Å²) in [6.45, 7) is 7.39. The molecule has 1 aliphatic heterocycles. The smallest absolute Gasteiger partial charge is 0.331 e. The molecule has 4 heteroatoms. The average Bonchev–Trinajstić information content (AvgIpc) is 2.79. The normalized spacial score (nSPS) is 24.6. The van der Waals surface area contributed by atoms with Gasteiger partial charge in [-0.05, 0) is 51.3 Å². The van der Waals surface area contributed by atoms with E-state index < -0.39 is 5.60 Å². The molecule has 0 amide bonds. The standard InChI is InChI=1S/C18H26O4/c1-13(15(3)19)7-6-8-14(2)16(21-5)9-11-18(4)12-10-17(20)22-18/h8-13,16H,6-7H2,1-5H3/b11-9+,14-8+/t13-,16-,18+/m0/s1. The van der Waals surface area contributed by atoms with Crippen molar-refractivity contribution >= 4 is 11.8 Å². The topological polar surface area (TPSA) is 52.6 Å². The van der Waals surface area contributed by atoms with Crippen LogP contribution in [-0.4, -0.2) is 30.6 Å². The summed E-state index contributed by atoms with van der Waals surface area (Å²) in [6.07, 6.45) is 10.5. The second kappa shape index (κ2) is 8.08. The van der Waals surface area contributed by atoms with E-state index in [2.05, 4.69) is 6.08 Å². The molecule has 22 heavy (non-hydrogen) atoms. The van der Waals surface area contributed by atoms with E-state index >= 15 is 0 Å². The summed E-state index contributed by atoms with van der Waals surface area (Å²) in [7, 11) is 1.64. The van der Waals surface area contributed by atoms with Gasteiger partial charge >= 0.3 is 5.97 Å². The van der Waals surface area contributed by atoms with Gasteiger partial charge < -0.3 is 9.47 Å². The average molecular weight is 306 g/mol. The lowest BCUT2D eigenvalue weighted by Gasteiger charge is -2.19. The number of esters is 1. The van der Waals surface area contributed by atoms with E-state index in [1.165, 1.54) is 6.08 Å². The summed E-state index contributed by atoms with van der Waals surface area (Å²) in [5, 5.41) is 0. The zero-order chi connectivity index (χ0) is 16.8. The maximum Gasteiger partial charge on any atom is 0.331 e. The van der Waals surface area contributed by atoms with E-state index in [1.54, 1.807) is 20.1 Å². The van der Waals surface area contributed by atoms with Crippen molar-refractivity contribution in [2.75, 3.05) is 7.11 Å². The summed E-state index contributed by atoms with van der Waals surface area (Å²) in [6, 6.07) is 0. The molecule has 0 aromatic rings. The lowest BCUT2D eigenvalue weighted by molar-refractivity contribution is -0.141. The number of cyclic esters (lactones) is 1. The Labute approximate surface area is 132 Å². The Hall–Kier alpha value is -1.68. The maximum absolute atomic E-state index is 11.2. The van der Waals surface area contributed by atoms with Gasteiger partial charge in [0.15, 0.2) is 0 Å². The maximum atomic E-state index is 11.2. The minimum atomic E-state index is -0.697.